The van der Waals surface area contributed by atoms with Gasteiger partial charge in [-0.15, -0.1) is 0 Å². The van der Waals surface area contributed by atoms with Crippen LogP contribution in [0, 0.1) is 6.92 Å². The molecule has 0 aromatic carbocycles. The van der Waals surface area contributed by atoms with Crippen LogP contribution in [0.2, 0.25) is 0 Å². The molecule has 0 aliphatic rings. The Hall–Kier alpha value is -2.16. The molecule has 0 bridgehead atoms. The first-order valence-corrected chi connectivity index (χ1v) is 7.22. The summed E-state index contributed by atoms with van der Waals surface area (Å²) in [4.78, 5) is 33.1. The summed E-state index contributed by atoms with van der Waals surface area (Å²) in [6.45, 7) is 4.44. The minimum absolute atomic E-state index is 0.196. The van der Waals surface area contributed by atoms with E-state index < -0.39 is 0 Å². The van der Waals surface area contributed by atoms with Crippen LogP contribution in [0.25, 0.3) is 0 Å². The number of aromatic amines is 1. The van der Waals surface area contributed by atoms with Crippen LogP contribution in [0.3, 0.4) is 0 Å². The van der Waals surface area contributed by atoms with Crippen molar-refractivity contribution in [1.29, 1.82) is 0 Å². The zero-order valence-electron chi connectivity index (χ0n) is 12.3. The van der Waals surface area contributed by atoms with Crippen LogP contribution in [0.15, 0.2) is 21.2 Å². The number of nitrogens with zero attached hydrogens (tertiary/aromatic N) is 5. The fourth-order valence-electron chi connectivity index (χ4n) is 1.52. The molecule has 0 aliphatic heterocycles. The highest BCUT2D eigenvalue weighted by Crippen LogP contribution is 2.22. The lowest BCUT2D eigenvalue weighted by Gasteiger charge is -2.12. The van der Waals surface area contributed by atoms with Crippen LogP contribution in [0.1, 0.15) is 12.6 Å². The first kappa shape index (κ1) is 15.2. The summed E-state index contributed by atoms with van der Waals surface area (Å²) >= 11 is 1.19. The van der Waals surface area contributed by atoms with Gasteiger partial charge in [-0.2, -0.15) is 15.0 Å². The van der Waals surface area contributed by atoms with Gasteiger partial charge < -0.3 is 15.2 Å². The summed E-state index contributed by atoms with van der Waals surface area (Å²) < 4.78 is 0. The van der Waals surface area contributed by atoms with Crippen molar-refractivity contribution in [2.75, 3.05) is 30.9 Å². The zero-order chi connectivity index (χ0) is 15.4. The molecule has 21 heavy (non-hydrogen) atoms. The van der Waals surface area contributed by atoms with Gasteiger partial charge in [0.25, 0.3) is 5.56 Å². The molecular formula is C12H17N7OS. The van der Waals surface area contributed by atoms with Crippen LogP contribution in [0.5, 0.6) is 0 Å². The standard InChI is InChI=1S/C12H17N7OS/c1-5-13-9-16-10(19(3)4)18-12(17-9)21-11-14-7(2)6-8(20)15-11/h6H,5H2,1-4H3,(H,14,15,20)(H,13,16,17,18). The van der Waals surface area contributed by atoms with Gasteiger partial charge >= 0.3 is 0 Å². The molecule has 2 aromatic heterocycles. The number of hydrogen-bond donors (Lipinski definition) is 2. The maximum Gasteiger partial charge on any atom is 0.251 e. The molecule has 0 amide bonds. The highest BCUT2D eigenvalue weighted by molar-refractivity contribution is 7.99. The van der Waals surface area contributed by atoms with Crippen LogP contribution >= 0.6 is 11.8 Å². The normalized spacial score (nSPS) is 10.5. The summed E-state index contributed by atoms with van der Waals surface area (Å²) in [6.07, 6.45) is 0. The van der Waals surface area contributed by atoms with Crippen molar-refractivity contribution in [3.05, 3.63) is 22.1 Å². The third kappa shape index (κ3) is 4.15. The SMILES string of the molecule is CCNc1nc(Sc2nc(C)cc(=O)[nH]2)nc(N(C)C)n1. The predicted octanol–water partition coefficient (Wildman–Crippen LogP) is 0.912. The smallest absolute Gasteiger partial charge is 0.251 e. The second kappa shape index (κ2) is 6.53. The Labute approximate surface area is 126 Å². The molecule has 0 aliphatic carbocycles. The topological polar surface area (TPSA) is 99.7 Å². The van der Waals surface area contributed by atoms with Crippen LogP contribution in [0.4, 0.5) is 11.9 Å². The Bertz CT molecular complexity index is 686. The summed E-state index contributed by atoms with van der Waals surface area (Å²) in [5.74, 6) is 1.03. The molecule has 0 spiro atoms. The second-order valence-electron chi connectivity index (χ2n) is 4.46. The molecule has 0 saturated carbocycles. The molecule has 2 N–H and O–H groups in total. The number of anilines is 2. The van der Waals surface area contributed by atoms with E-state index in [-0.39, 0.29) is 5.56 Å². The maximum absolute atomic E-state index is 11.5. The average molecular weight is 307 g/mol. The number of nitrogens with one attached hydrogen (secondary N) is 2. The van der Waals surface area contributed by atoms with E-state index in [1.54, 1.807) is 11.8 Å². The zero-order valence-corrected chi connectivity index (χ0v) is 13.2. The molecule has 2 heterocycles. The summed E-state index contributed by atoms with van der Waals surface area (Å²) in [5, 5.41) is 3.98. The van der Waals surface area contributed by atoms with Gasteiger partial charge in [0.15, 0.2) is 5.16 Å². The second-order valence-corrected chi connectivity index (χ2v) is 5.42. The number of rotatable bonds is 5. The van der Waals surface area contributed by atoms with Crippen molar-refractivity contribution in [2.45, 2.75) is 24.2 Å². The molecule has 0 fully saturated rings. The maximum atomic E-state index is 11.5. The molecule has 9 heteroatoms. The van der Waals surface area contributed by atoms with Crippen molar-refractivity contribution < 1.29 is 0 Å². The predicted molar refractivity (Wildman–Crippen MR) is 82.0 cm³/mol. The van der Waals surface area contributed by atoms with Crippen molar-refractivity contribution in [2.24, 2.45) is 0 Å². The van der Waals surface area contributed by atoms with Crippen molar-refractivity contribution in [1.82, 2.24) is 24.9 Å². The largest absolute Gasteiger partial charge is 0.354 e. The fraction of sp³-hybridized carbons (Fsp3) is 0.417. The number of H-pyrrole nitrogens is 1. The van der Waals surface area contributed by atoms with E-state index in [1.807, 2.05) is 21.0 Å². The molecular weight excluding hydrogens is 290 g/mol. The molecule has 0 radical (unpaired) electrons. The van der Waals surface area contributed by atoms with Gasteiger partial charge in [0.05, 0.1) is 0 Å². The Kier molecular flexibility index (Phi) is 4.73. The summed E-state index contributed by atoms with van der Waals surface area (Å²) in [7, 11) is 3.71. The van der Waals surface area contributed by atoms with E-state index in [0.29, 0.717) is 34.4 Å². The Morgan fingerprint density at radius 2 is 2.05 bits per heavy atom. The van der Waals surface area contributed by atoms with Crippen molar-refractivity contribution in [3.8, 4) is 0 Å². The third-order valence-corrected chi connectivity index (χ3v) is 3.13. The van der Waals surface area contributed by atoms with E-state index in [0.717, 1.165) is 0 Å². The van der Waals surface area contributed by atoms with Gasteiger partial charge in [-0.3, -0.25) is 4.79 Å². The van der Waals surface area contributed by atoms with E-state index in [1.165, 1.54) is 17.8 Å². The Balaban J connectivity index is 2.35. The van der Waals surface area contributed by atoms with Gasteiger partial charge in [0.1, 0.15) is 0 Å². The molecule has 2 aromatic rings. The van der Waals surface area contributed by atoms with Gasteiger partial charge in [-0.05, 0) is 25.6 Å². The molecule has 0 saturated heterocycles. The van der Waals surface area contributed by atoms with Gasteiger partial charge in [0, 0.05) is 32.4 Å². The molecule has 112 valence electrons. The van der Waals surface area contributed by atoms with E-state index in [4.69, 9.17) is 0 Å². The lowest BCUT2D eigenvalue weighted by atomic mass is 10.5. The minimum Gasteiger partial charge on any atom is -0.354 e. The summed E-state index contributed by atoms with van der Waals surface area (Å²) in [5.41, 5.74) is 0.453. The first-order valence-electron chi connectivity index (χ1n) is 6.41. The first-order chi connectivity index (χ1) is 9.97. The van der Waals surface area contributed by atoms with E-state index >= 15 is 0 Å². The monoisotopic (exact) mass is 307 g/mol. The van der Waals surface area contributed by atoms with Crippen LogP contribution in [-0.2, 0) is 0 Å². The molecule has 8 nitrogen and oxygen atoms in total. The molecule has 2 rings (SSSR count). The van der Waals surface area contributed by atoms with E-state index in [9.17, 15) is 4.79 Å². The average Bonchev–Trinajstić information content (AvgIpc) is 2.37. The summed E-state index contributed by atoms with van der Waals surface area (Å²) in [6, 6.07) is 1.44. The third-order valence-electron chi connectivity index (χ3n) is 2.37. The van der Waals surface area contributed by atoms with E-state index in [2.05, 4.69) is 30.2 Å². The van der Waals surface area contributed by atoms with Gasteiger partial charge in [-0.1, -0.05) is 0 Å². The minimum atomic E-state index is -0.196. The van der Waals surface area contributed by atoms with Crippen molar-refractivity contribution in [3.63, 3.8) is 0 Å². The van der Waals surface area contributed by atoms with Crippen LogP contribution < -0.4 is 15.8 Å². The van der Waals surface area contributed by atoms with Gasteiger partial charge in [-0.25, -0.2) is 4.98 Å². The molecule has 0 atom stereocenters. The Morgan fingerprint density at radius 1 is 1.29 bits per heavy atom. The number of hydrogen-bond acceptors (Lipinski definition) is 8. The lowest BCUT2D eigenvalue weighted by Crippen LogP contribution is -2.16. The quantitative estimate of drug-likeness (QED) is 0.786. The van der Waals surface area contributed by atoms with Crippen molar-refractivity contribution >= 4 is 23.7 Å². The highest BCUT2D eigenvalue weighted by Gasteiger charge is 2.10. The van der Waals surface area contributed by atoms with Gasteiger partial charge in [0.2, 0.25) is 17.1 Å². The molecule has 0 unspecified atom stereocenters. The lowest BCUT2D eigenvalue weighted by molar-refractivity contribution is 0.850. The Morgan fingerprint density at radius 3 is 2.67 bits per heavy atom. The highest BCUT2D eigenvalue weighted by atomic mass is 32.2. The number of aryl methyl sites for hydroxylation is 1. The van der Waals surface area contributed by atoms with Crippen LogP contribution in [-0.4, -0.2) is 45.6 Å². The number of aromatic nitrogens is 5. The fourth-order valence-corrected chi connectivity index (χ4v) is 2.29.